The van der Waals surface area contributed by atoms with Crippen molar-refractivity contribution in [1.29, 1.82) is 0 Å². The van der Waals surface area contributed by atoms with Crippen LogP contribution in [-0.4, -0.2) is 0 Å². The van der Waals surface area contributed by atoms with E-state index >= 15 is 0 Å². The molecule has 0 saturated heterocycles. The summed E-state index contributed by atoms with van der Waals surface area (Å²) in [6.45, 7) is 5.39. The van der Waals surface area contributed by atoms with Crippen LogP contribution in [0.1, 0.15) is 110 Å². The summed E-state index contributed by atoms with van der Waals surface area (Å²) in [4.78, 5) is 0. The number of rotatable bonds is 3. The average Bonchev–Trinajstić information content (AvgIpc) is 2.57. The van der Waals surface area contributed by atoms with Crippen molar-refractivity contribution in [2.45, 2.75) is 110 Å². The second-order valence-electron chi connectivity index (χ2n) is 9.11. The summed E-state index contributed by atoms with van der Waals surface area (Å²) in [6, 6.07) is 0. The molecule has 0 aromatic carbocycles. The lowest BCUT2D eigenvalue weighted by Crippen LogP contribution is -2.50. The van der Waals surface area contributed by atoms with E-state index in [1.807, 2.05) is 0 Å². The van der Waals surface area contributed by atoms with E-state index in [0.29, 0.717) is 10.8 Å². The summed E-state index contributed by atoms with van der Waals surface area (Å²) < 4.78 is 0. The lowest BCUT2D eigenvalue weighted by Gasteiger charge is -2.59. The molecule has 3 aliphatic carbocycles. The van der Waals surface area contributed by atoms with Gasteiger partial charge in [0.15, 0.2) is 0 Å². The van der Waals surface area contributed by atoms with Crippen LogP contribution in [0, 0.1) is 22.7 Å². The Bertz CT molecular complexity index is 309. The normalized spacial score (nSPS) is 29.4. The minimum absolute atomic E-state index is 0.593. The van der Waals surface area contributed by atoms with Crippen molar-refractivity contribution in [2.24, 2.45) is 22.7 Å². The maximum Gasteiger partial charge on any atom is -0.0215 e. The van der Waals surface area contributed by atoms with Crippen molar-refractivity contribution in [3.63, 3.8) is 0 Å². The van der Waals surface area contributed by atoms with Crippen LogP contribution < -0.4 is 0 Å². The van der Waals surface area contributed by atoms with Crippen LogP contribution in [0.25, 0.3) is 0 Å². The van der Waals surface area contributed by atoms with E-state index < -0.39 is 0 Å². The van der Waals surface area contributed by atoms with E-state index in [-0.39, 0.29) is 0 Å². The largest absolute Gasteiger partial charge is 0.0591 e. The van der Waals surface area contributed by atoms with Gasteiger partial charge in [-0.1, -0.05) is 71.6 Å². The first kappa shape index (κ1) is 15.9. The fourth-order valence-electron chi connectivity index (χ4n) is 6.65. The second-order valence-corrected chi connectivity index (χ2v) is 9.11. The molecular weight excluding hydrogens is 252 g/mol. The fourth-order valence-corrected chi connectivity index (χ4v) is 6.65. The summed E-state index contributed by atoms with van der Waals surface area (Å²) in [5.41, 5.74) is 1.30. The van der Waals surface area contributed by atoms with E-state index in [1.165, 1.54) is 70.6 Å². The number of hydrogen-bond donors (Lipinski definition) is 0. The van der Waals surface area contributed by atoms with Crippen LogP contribution in [-0.2, 0) is 0 Å². The van der Waals surface area contributed by atoms with Gasteiger partial charge in [0.25, 0.3) is 0 Å². The van der Waals surface area contributed by atoms with E-state index in [1.54, 1.807) is 25.7 Å². The van der Waals surface area contributed by atoms with Crippen LogP contribution in [0.5, 0.6) is 0 Å². The van der Waals surface area contributed by atoms with Crippen LogP contribution in [0.15, 0.2) is 0 Å². The molecule has 0 spiro atoms. The predicted molar refractivity (Wildman–Crippen MR) is 92.4 cm³/mol. The van der Waals surface area contributed by atoms with Gasteiger partial charge in [0.05, 0.1) is 0 Å². The first-order valence-electron chi connectivity index (χ1n) is 10.2. The summed E-state index contributed by atoms with van der Waals surface area (Å²) in [6.07, 6.45) is 22.9. The molecule has 0 heteroatoms. The van der Waals surface area contributed by atoms with Gasteiger partial charge in [-0.05, 0) is 61.2 Å². The molecule has 0 heterocycles. The van der Waals surface area contributed by atoms with Gasteiger partial charge in [-0.15, -0.1) is 0 Å². The highest BCUT2D eigenvalue weighted by molar-refractivity contribution is 5.02. The lowest BCUT2D eigenvalue weighted by atomic mass is 9.46. The van der Waals surface area contributed by atoms with Crippen molar-refractivity contribution in [1.82, 2.24) is 0 Å². The van der Waals surface area contributed by atoms with Gasteiger partial charge in [-0.3, -0.25) is 0 Å². The van der Waals surface area contributed by atoms with E-state index in [4.69, 9.17) is 0 Å². The summed E-state index contributed by atoms with van der Waals surface area (Å²) in [7, 11) is 0. The highest BCUT2D eigenvalue weighted by Gasteiger charge is 2.53. The Morgan fingerprint density at radius 2 is 1.10 bits per heavy atom. The molecule has 21 heavy (non-hydrogen) atoms. The summed E-state index contributed by atoms with van der Waals surface area (Å²) >= 11 is 0. The fraction of sp³-hybridized carbons (Fsp3) is 1.00. The quantitative estimate of drug-likeness (QED) is 0.519. The molecule has 3 saturated carbocycles. The molecule has 122 valence electrons. The highest BCUT2D eigenvalue weighted by Crippen LogP contribution is 2.62. The molecule has 0 unspecified atom stereocenters. The Kier molecular flexibility index (Phi) is 5.01. The standard InChI is InChI=1S/C21H38/c1-20(2,18-12-6-3-7-13-18)21(16-10-5-11-17-21)19-14-8-4-9-15-19/h18-19H,3-17H2,1-2H3. The molecule has 0 aromatic rings. The van der Waals surface area contributed by atoms with Crippen LogP contribution in [0.4, 0.5) is 0 Å². The lowest BCUT2D eigenvalue weighted by molar-refractivity contribution is -0.0906. The third-order valence-electron chi connectivity index (χ3n) is 8.04. The smallest absolute Gasteiger partial charge is 0.0215 e. The Hall–Kier alpha value is 0. The zero-order chi connectivity index (χ0) is 14.8. The zero-order valence-corrected chi connectivity index (χ0v) is 14.8. The number of hydrogen-bond acceptors (Lipinski definition) is 0. The topological polar surface area (TPSA) is 0 Å². The van der Waals surface area contributed by atoms with Crippen molar-refractivity contribution in [3.05, 3.63) is 0 Å². The monoisotopic (exact) mass is 290 g/mol. The third kappa shape index (κ3) is 2.93. The van der Waals surface area contributed by atoms with Gasteiger partial charge in [0.1, 0.15) is 0 Å². The molecule has 0 bridgehead atoms. The molecule has 3 rings (SSSR count). The van der Waals surface area contributed by atoms with E-state index in [9.17, 15) is 0 Å². The molecule has 0 atom stereocenters. The van der Waals surface area contributed by atoms with Crippen LogP contribution in [0.3, 0.4) is 0 Å². The molecule has 0 radical (unpaired) electrons. The van der Waals surface area contributed by atoms with E-state index in [2.05, 4.69) is 13.8 Å². The van der Waals surface area contributed by atoms with E-state index in [0.717, 1.165) is 11.8 Å². The third-order valence-corrected chi connectivity index (χ3v) is 8.04. The second kappa shape index (κ2) is 6.63. The maximum atomic E-state index is 2.70. The van der Waals surface area contributed by atoms with Crippen molar-refractivity contribution in [3.8, 4) is 0 Å². The minimum Gasteiger partial charge on any atom is -0.0591 e. The van der Waals surface area contributed by atoms with Gasteiger partial charge in [0, 0.05) is 0 Å². The van der Waals surface area contributed by atoms with Crippen molar-refractivity contribution >= 4 is 0 Å². The molecule has 3 aliphatic rings. The molecule has 0 amide bonds. The van der Waals surface area contributed by atoms with Crippen molar-refractivity contribution in [2.75, 3.05) is 0 Å². The first-order chi connectivity index (χ1) is 10.2. The summed E-state index contributed by atoms with van der Waals surface area (Å²) in [5, 5.41) is 0. The molecule has 3 fully saturated rings. The van der Waals surface area contributed by atoms with Gasteiger partial charge in [-0.2, -0.15) is 0 Å². The molecule has 0 nitrogen and oxygen atoms in total. The van der Waals surface area contributed by atoms with Gasteiger partial charge >= 0.3 is 0 Å². The Morgan fingerprint density at radius 3 is 1.67 bits per heavy atom. The Balaban J connectivity index is 1.85. The zero-order valence-electron chi connectivity index (χ0n) is 14.8. The predicted octanol–water partition coefficient (Wildman–Crippen LogP) is 7.12. The Labute approximate surface area is 133 Å². The van der Waals surface area contributed by atoms with Crippen molar-refractivity contribution < 1.29 is 0 Å². The van der Waals surface area contributed by atoms with Crippen LogP contribution in [0.2, 0.25) is 0 Å². The molecule has 0 N–H and O–H groups in total. The minimum atomic E-state index is 0.593. The van der Waals surface area contributed by atoms with Gasteiger partial charge in [0.2, 0.25) is 0 Å². The SMILES string of the molecule is CC(C)(C1CCCCC1)C1(C2CCCCC2)CCCCC1. The highest BCUT2D eigenvalue weighted by atomic mass is 14.6. The van der Waals surface area contributed by atoms with Gasteiger partial charge < -0.3 is 0 Å². The molecule has 0 aliphatic heterocycles. The molecule has 0 aromatic heterocycles. The first-order valence-corrected chi connectivity index (χ1v) is 10.2. The Morgan fingerprint density at radius 1 is 0.619 bits per heavy atom. The summed E-state index contributed by atoms with van der Waals surface area (Å²) in [5.74, 6) is 2.08. The molecular formula is C21H38. The maximum absolute atomic E-state index is 2.70. The van der Waals surface area contributed by atoms with Crippen LogP contribution >= 0.6 is 0 Å². The average molecular weight is 291 g/mol. The van der Waals surface area contributed by atoms with Gasteiger partial charge in [-0.25, -0.2) is 0 Å².